The summed E-state index contributed by atoms with van der Waals surface area (Å²) >= 11 is 18.7. The molecule has 0 bridgehead atoms. The Labute approximate surface area is 181 Å². The summed E-state index contributed by atoms with van der Waals surface area (Å²) in [6.45, 7) is 1.90. The molecule has 9 nitrogen and oxygen atoms in total. The summed E-state index contributed by atoms with van der Waals surface area (Å²) in [6, 6.07) is 5.37. The maximum Gasteiger partial charge on any atom is 0.239 e. The van der Waals surface area contributed by atoms with Crippen LogP contribution in [-0.2, 0) is 9.53 Å². The number of morpholine rings is 1. The average molecular weight is 458 g/mol. The van der Waals surface area contributed by atoms with Crippen LogP contribution in [0.15, 0.2) is 18.2 Å². The fraction of sp³-hybridized carbons (Fsp3) is 0.294. The smallest absolute Gasteiger partial charge is 0.239 e. The molecule has 29 heavy (non-hydrogen) atoms. The zero-order valence-electron chi connectivity index (χ0n) is 14.8. The van der Waals surface area contributed by atoms with E-state index in [1.165, 1.54) is 12.1 Å². The largest absolute Gasteiger partial charge is 0.434 e. The van der Waals surface area contributed by atoms with Crippen LogP contribution >= 0.6 is 34.8 Å². The first-order valence-corrected chi connectivity index (χ1v) is 9.54. The maximum absolute atomic E-state index is 10.7. The van der Waals surface area contributed by atoms with Gasteiger partial charge in [-0.05, 0) is 12.1 Å². The van der Waals surface area contributed by atoms with Crippen molar-refractivity contribution in [2.75, 3.05) is 25.1 Å². The van der Waals surface area contributed by atoms with Crippen LogP contribution in [0.25, 0.3) is 0 Å². The molecule has 2 atom stereocenters. The van der Waals surface area contributed by atoms with Crippen molar-refractivity contribution >= 4 is 46.8 Å². The Hall–Kier alpha value is -2.19. The molecule has 1 aliphatic heterocycles. The molecular formula is C17H15Cl3N6O3. The van der Waals surface area contributed by atoms with Gasteiger partial charge < -0.3 is 25.0 Å². The summed E-state index contributed by atoms with van der Waals surface area (Å²) in [5.74, 6) is 0.308. The first-order chi connectivity index (χ1) is 14.0. The topological polar surface area (TPSA) is 121 Å². The Morgan fingerprint density at radius 2 is 2.07 bits per heavy atom. The van der Waals surface area contributed by atoms with E-state index in [9.17, 15) is 4.79 Å². The van der Waals surface area contributed by atoms with Crippen molar-refractivity contribution in [3.8, 4) is 17.7 Å². The highest BCUT2D eigenvalue weighted by Gasteiger charge is 2.21. The van der Waals surface area contributed by atoms with Crippen LogP contribution in [0.4, 0.5) is 5.69 Å². The monoisotopic (exact) mass is 456 g/mol. The predicted octanol–water partition coefficient (Wildman–Crippen LogP) is 2.90. The normalized spacial score (nSPS) is 17.2. The molecule has 12 heteroatoms. The number of aromatic nitrogens is 2. The summed E-state index contributed by atoms with van der Waals surface area (Å²) in [4.78, 5) is 10.7. The lowest BCUT2D eigenvalue weighted by molar-refractivity contribution is -0.108. The van der Waals surface area contributed by atoms with Crippen LogP contribution in [0.1, 0.15) is 11.7 Å². The molecular weight excluding hydrogens is 443 g/mol. The number of hydrogen-bond acceptors (Lipinski definition) is 9. The van der Waals surface area contributed by atoms with E-state index in [1.807, 2.05) is 0 Å². The van der Waals surface area contributed by atoms with Crippen molar-refractivity contribution in [2.24, 2.45) is 0 Å². The molecule has 3 N–H and O–H groups in total. The molecule has 1 aliphatic rings. The van der Waals surface area contributed by atoms with Gasteiger partial charge in [0.1, 0.15) is 0 Å². The van der Waals surface area contributed by atoms with Crippen molar-refractivity contribution < 1.29 is 14.3 Å². The Morgan fingerprint density at radius 1 is 1.31 bits per heavy atom. The molecule has 0 radical (unpaired) electrons. The maximum atomic E-state index is 10.7. The number of aldehydes is 1. The number of hydrazine groups is 1. The molecule has 1 aromatic heterocycles. The number of benzene rings is 1. The minimum atomic E-state index is -1.03. The minimum absolute atomic E-state index is 0.145. The zero-order chi connectivity index (χ0) is 20.8. The third-order valence-corrected chi connectivity index (χ3v) is 4.74. The van der Waals surface area contributed by atoms with Crippen molar-refractivity contribution in [1.82, 2.24) is 20.9 Å². The van der Waals surface area contributed by atoms with Crippen LogP contribution in [0.2, 0.25) is 15.2 Å². The Bertz CT molecular complexity index is 910. The number of anilines is 1. The van der Waals surface area contributed by atoms with E-state index in [-0.39, 0.29) is 32.9 Å². The molecule has 0 spiro atoms. The number of rotatable bonds is 7. The summed E-state index contributed by atoms with van der Waals surface area (Å²) in [5.41, 5.74) is 6.26. The average Bonchev–Trinajstić information content (AvgIpc) is 2.73. The van der Waals surface area contributed by atoms with Gasteiger partial charge in [-0.25, -0.2) is 5.43 Å². The highest BCUT2D eigenvalue weighted by atomic mass is 35.5. The number of halogens is 3. The van der Waals surface area contributed by atoms with Gasteiger partial charge >= 0.3 is 0 Å². The van der Waals surface area contributed by atoms with E-state index in [0.29, 0.717) is 30.7 Å². The third kappa shape index (κ3) is 5.45. The molecule has 0 amide bonds. The molecule has 0 saturated carbocycles. The molecule has 0 aliphatic carbocycles. The summed E-state index contributed by atoms with van der Waals surface area (Å²) < 4.78 is 11.4. The van der Waals surface area contributed by atoms with Crippen LogP contribution in [0.5, 0.6) is 11.6 Å². The highest BCUT2D eigenvalue weighted by molar-refractivity contribution is 6.37. The first kappa shape index (κ1) is 21.5. The molecule has 1 fully saturated rings. The van der Waals surface area contributed by atoms with Gasteiger partial charge in [0.15, 0.2) is 23.2 Å². The number of nitriles is 1. The van der Waals surface area contributed by atoms with Gasteiger partial charge in [-0.15, -0.1) is 10.2 Å². The van der Waals surface area contributed by atoms with Crippen molar-refractivity contribution in [3.63, 3.8) is 0 Å². The van der Waals surface area contributed by atoms with Crippen LogP contribution in [-0.4, -0.2) is 42.2 Å². The lowest BCUT2D eigenvalue weighted by Crippen LogP contribution is -2.33. The Balaban J connectivity index is 1.78. The van der Waals surface area contributed by atoms with Gasteiger partial charge in [0.05, 0.1) is 34.5 Å². The molecule has 2 unspecified atom stereocenters. The number of carbonyl (C=O) groups is 1. The Morgan fingerprint density at radius 3 is 2.69 bits per heavy atom. The van der Waals surface area contributed by atoms with Gasteiger partial charge in [0, 0.05) is 24.7 Å². The highest BCUT2D eigenvalue weighted by Crippen LogP contribution is 2.39. The molecule has 1 aromatic carbocycles. The molecule has 2 aromatic rings. The Kier molecular flexibility index (Phi) is 7.44. The SMILES string of the molecule is N#CC(C=O)NNc1cc(Cl)c(Oc2cc(C3CNCCO3)c(Cl)nn2)c(Cl)c1. The fourth-order valence-corrected chi connectivity index (χ4v) is 3.28. The molecule has 3 rings (SSSR count). The van der Waals surface area contributed by atoms with E-state index >= 15 is 0 Å². The molecule has 1 saturated heterocycles. The van der Waals surface area contributed by atoms with Crippen molar-refractivity contribution in [3.05, 3.63) is 39.0 Å². The molecule has 152 valence electrons. The quantitative estimate of drug-likeness (QED) is 0.425. The van der Waals surface area contributed by atoms with Crippen LogP contribution < -0.4 is 20.9 Å². The second-order valence-electron chi connectivity index (χ2n) is 5.88. The lowest BCUT2D eigenvalue weighted by Gasteiger charge is -2.24. The van der Waals surface area contributed by atoms with E-state index in [4.69, 9.17) is 49.5 Å². The lowest BCUT2D eigenvalue weighted by atomic mass is 10.1. The number of ether oxygens (including phenoxy) is 2. The summed E-state index contributed by atoms with van der Waals surface area (Å²) in [7, 11) is 0. The second-order valence-corrected chi connectivity index (χ2v) is 7.05. The standard InChI is InChI=1S/C17H15Cl3N6O3/c18-12-3-9(23-24-10(6-21)8-27)4-13(19)16(12)29-15-5-11(17(20)26-25-15)14-7-22-1-2-28-14/h3-5,8,10,14,22-24H,1-2,7H2. The zero-order valence-corrected chi connectivity index (χ0v) is 17.1. The van der Waals surface area contributed by atoms with E-state index in [0.717, 1.165) is 6.54 Å². The summed E-state index contributed by atoms with van der Waals surface area (Å²) in [5, 5.41) is 20.4. The molecule has 2 heterocycles. The van der Waals surface area contributed by atoms with Crippen LogP contribution in [0, 0.1) is 11.3 Å². The minimum Gasteiger partial charge on any atom is -0.434 e. The third-order valence-electron chi connectivity index (χ3n) is 3.88. The number of hydrogen-bond donors (Lipinski definition) is 3. The predicted molar refractivity (Wildman–Crippen MR) is 107 cm³/mol. The number of nitrogens with zero attached hydrogens (tertiary/aromatic N) is 3. The van der Waals surface area contributed by atoms with Gasteiger partial charge in [-0.3, -0.25) is 0 Å². The van der Waals surface area contributed by atoms with Crippen molar-refractivity contribution in [1.29, 1.82) is 5.26 Å². The van der Waals surface area contributed by atoms with Gasteiger partial charge in [0.25, 0.3) is 0 Å². The van der Waals surface area contributed by atoms with E-state index in [2.05, 4.69) is 26.4 Å². The summed E-state index contributed by atoms with van der Waals surface area (Å²) in [6.07, 6.45) is 0.180. The number of nitrogens with one attached hydrogen (secondary N) is 3. The van der Waals surface area contributed by atoms with Gasteiger partial charge in [-0.2, -0.15) is 5.26 Å². The van der Waals surface area contributed by atoms with Crippen LogP contribution in [0.3, 0.4) is 0 Å². The fourth-order valence-electron chi connectivity index (χ4n) is 2.51. The van der Waals surface area contributed by atoms with Gasteiger partial charge in [-0.1, -0.05) is 34.8 Å². The van der Waals surface area contributed by atoms with E-state index < -0.39 is 6.04 Å². The van der Waals surface area contributed by atoms with Gasteiger partial charge in [0.2, 0.25) is 5.88 Å². The first-order valence-electron chi connectivity index (χ1n) is 8.40. The van der Waals surface area contributed by atoms with Crippen molar-refractivity contribution in [2.45, 2.75) is 12.1 Å². The second kappa shape index (κ2) is 10.0. The number of carbonyl (C=O) groups excluding carboxylic acids is 1. The van der Waals surface area contributed by atoms with E-state index in [1.54, 1.807) is 12.1 Å².